The third-order valence-corrected chi connectivity index (χ3v) is 3.28. The molecule has 0 atom stereocenters. The van der Waals surface area contributed by atoms with Gasteiger partial charge in [-0.05, 0) is 22.9 Å². The van der Waals surface area contributed by atoms with Crippen molar-refractivity contribution >= 4 is 28.7 Å². The Hall–Kier alpha value is -3.35. The highest BCUT2D eigenvalue weighted by atomic mass is 16.5. The van der Waals surface area contributed by atoms with E-state index >= 15 is 0 Å². The highest BCUT2D eigenvalue weighted by molar-refractivity contribution is 6.00. The molecule has 0 saturated carbocycles. The van der Waals surface area contributed by atoms with Gasteiger partial charge in [-0.1, -0.05) is 30.3 Å². The van der Waals surface area contributed by atoms with Crippen LogP contribution in [-0.2, 0) is 9.53 Å². The van der Waals surface area contributed by atoms with Crippen LogP contribution in [0.1, 0.15) is 10.4 Å². The first-order valence-electron chi connectivity index (χ1n) is 7.47. The van der Waals surface area contributed by atoms with Gasteiger partial charge in [0.25, 0.3) is 5.91 Å². The number of hydrogen-bond acceptors (Lipinski definition) is 5. The second kappa shape index (κ2) is 8.49. The molecule has 0 aliphatic rings. The molecule has 2 aromatic rings. The van der Waals surface area contributed by atoms with E-state index in [4.69, 9.17) is 9.47 Å². The quantitative estimate of drug-likeness (QED) is 0.619. The van der Waals surface area contributed by atoms with Crippen LogP contribution in [0.5, 0.6) is 5.75 Å². The number of ether oxygens (including phenoxy) is 2. The molecule has 25 heavy (non-hydrogen) atoms. The van der Waals surface area contributed by atoms with E-state index in [0.717, 1.165) is 10.8 Å². The normalized spacial score (nSPS) is 9.96. The largest absolute Gasteiger partial charge is 0.496 e. The topological polar surface area (TPSA) is 93.7 Å². The summed E-state index contributed by atoms with van der Waals surface area (Å²) >= 11 is 0. The molecule has 2 aromatic carbocycles. The van der Waals surface area contributed by atoms with Gasteiger partial charge in [0.1, 0.15) is 11.3 Å². The summed E-state index contributed by atoms with van der Waals surface area (Å²) in [6.45, 7) is 3.06. The number of esters is 1. The summed E-state index contributed by atoms with van der Waals surface area (Å²) in [5.74, 6) is -1.12. The summed E-state index contributed by atoms with van der Waals surface area (Å²) in [4.78, 5) is 35.2. The minimum absolute atomic E-state index is 0.199. The third-order valence-electron chi connectivity index (χ3n) is 3.28. The predicted molar refractivity (Wildman–Crippen MR) is 92.5 cm³/mol. The van der Waals surface area contributed by atoms with E-state index in [9.17, 15) is 14.4 Å². The van der Waals surface area contributed by atoms with Gasteiger partial charge in [0, 0.05) is 6.54 Å². The van der Waals surface area contributed by atoms with Gasteiger partial charge >= 0.3 is 12.0 Å². The molecule has 0 fully saturated rings. The fourth-order valence-electron chi connectivity index (χ4n) is 2.13. The van der Waals surface area contributed by atoms with Crippen LogP contribution in [0.2, 0.25) is 0 Å². The van der Waals surface area contributed by atoms with Gasteiger partial charge in [0.2, 0.25) is 0 Å². The molecule has 2 N–H and O–H groups in total. The van der Waals surface area contributed by atoms with Gasteiger partial charge in [-0.15, -0.1) is 6.58 Å². The van der Waals surface area contributed by atoms with Gasteiger partial charge in [0.15, 0.2) is 6.61 Å². The van der Waals surface area contributed by atoms with Crippen molar-refractivity contribution in [3.63, 3.8) is 0 Å². The number of amides is 3. The average Bonchev–Trinajstić information content (AvgIpc) is 2.63. The zero-order valence-electron chi connectivity index (χ0n) is 13.7. The second-order valence-corrected chi connectivity index (χ2v) is 5.02. The Balaban J connectivity index is 2.03. The van der Waals surface area contributed by atoms with Crippen molar-refractivity contribution in [2.24, 2.45) is 0 Å². The number of hydrogen-bond donors (Lipinski definition) is 2. The second-order valence-electron chi connectivity index (χ2n) is 5.02. The number of methoxy groups -OCH3 is 1. The number of benzene rings is 2. The summed E-state index contributed by atoms with van der Waals surface area (Å²) < 4.78 is 10.2. The average molecular weight is 342 g/mol. The Morgan fingerprint density at radius 1 is 1.16 bits per heavy atom. The van der Waals surface area contributed by atoms with Crippen LogP contribution in [0.25, 0.3) is 10.8 Å². The monoisotopic (exact) mass is 342 g/mol. The molecule has 0 bridgehead atoms. The van der Waals surface area contributed by atoms with Crippen LogP contribution in [-0.4, -0.2) is 38.2 Å². The molecular formula is C18H18N2O5. The van der Waals surface area contributed by atoms with Crippen LogP contribution in [0.15, 0.2) is 49.1 Å². The fourth-order valence-corrected chi connectivity index (χ4v) is 2.13. The molecule has 130 valence electrons. The lowest BCUT2D eigenvalue weighted by Gasteiger charge is -2.10. The highest BCUT2D eigenvalue weighted by Crippen LogP contribution is 2.26. The van der Waals surface area contributed by atoms with Crippen LogP contribution in [0.4, 0.5) is 4.79 Å². The van der Waals surface area contributed by atoms with Crippen molar-refractivity contribution in [2.75, 3.05) is 20.3 Å². The molecule has 2 rings (SSSR count). The van der Waals surface area contributed by atoms with E-state index in [2.05, 4.69) is 11.9 Å². The first-order valence-corrected chi connectivity index (χ1v) is 7.47. The van der Waals surface area contributed by atoms with Crippen molar-refractivity contribution in [3.05, 3.63) is 54.6 Å². The number of nitrogens with one attached hydrogen (secondary N) is 2. The van der Waals surface area contributed by atoms with E-state index in [1.165, 1.54) is 13.2 Å². The number of rotatable bonds is 6. The van der Waals surface area contributed by atoms with Crippen molar-refractivity contribution in [1.82, 2.24) is 10.6 Å². The summed E-state index contributed by atoms with van der Waals surface area (Å²) in [5, 5.41) is 6.15. The smallest absolute Gasteiger partial charge is 0.342 e. The SMILES string of the molecule is C=CCNC(=O)NC(=O)COC(=O)c1cc2ccccc2cc1OC. The Bertz CT molecular complexity index is 816. The Labute approximate surface area is 144 Å². The molecule has 0 aliphatic heterocycles. The maximum Gasteiger partial charge on any atom is 0.342 e. The molecule has 3 amide bonds. The fraction of sp³-hybridized carbons (Fsp3) is 0.167. The van der Waals surface area contributed by atoms with E-state index in [1.807, 2.05) is 29.6 Å². The van der Waals surface area contributed by atoms with Crippen molar-refractivity contribution in [3.8, 4) is 5.75 Å². The van der Waals surface area contributed by atoms with Gasteiger partial charge in [-0.25, -0.2) is 9.59 Å². The van der Waals surface area contributed by atoms with Gasteiger partial charge in [-0.3, -0.25) is 10.1 Å². The van der Waals surface area contributed by atoms with Crippen LogP contribution >= 0.6 is 0 Å². The Morgan fingerprint density at radius 3 is 2.48 bits per heavy atom. The minimum Gasteiger partial charge on any atom is -0.496 e. The van der Waals surface area contributed by atoms with Crippen LogP contribution in [0.3, 0.4) is 0 Å². The molecule has 0 saturated heterocycles. The van der Waals surface area contributed by atoms with E-state index in [1.54, 1.807) is 12.1 Å². The molecule has 0 spiro atoms. The van der Waals surface area contributed by atoms with Gasteiger partial charge < -0.3 is 14.8 Å². The zero-order chi connectivity index (χ0) is 18.2. The lowest BCUT2D eigenvalue weighted by atomic mass is 10.1. The molecule has 0 aromatic heterocycles. The molecule has 0 unspecified atom stereocenters. The Kier molecular flexibility index (Phi) is 6.11. The Morgan fingerprint density at radius 2 is 1.84 bits per heavy atom. The molecule has 7 nitrogen and oxygen atoms in total. The number of carbonyl (C=O) groups is 3. The number of imide groups is 1. The predicted octanol–water partition coefficient (Wildman–Crippen LogP) is 2.02. The van der Waals surface area contributed by atoms with E-state index in [-0.39, 0.29) is 12.1 Å². The molecule has 0 aliphatic carbocycles. The third kappa shape index (κ3) is 4.81. The summed E-state index contributed by atoms with van der Waals surface area (Å²) in [6, 6.07) is 10.1. The summed E-state index contributed by atoms with van der Waals surface area (Å²) in [5.41, 5.74) is 0.199. The number of urea groups is 1. The van der Waals surface area contributed by atoms with Crippen LogP contribution < -0.4 is 15.4 Å². The molecule has 0 heterocycles. The number of fused-ring (bicyclic) bond motifs is 1. The first-order chi connectivity index (χ1) is 12.0. The first kappa shape index (κ1) is 18.0. The van der Waals surface area contributed by atoms with Gasteiger partial charge in [0.05, 0.1) is 7.11 Å². The lowest BCUT2D eigenvalue weighted by molar-refractivity contribution is -0.123. The van der Waals surface area contributed by atoms with E-state index in [0.29, 0.717) is 5.75 Å². The summed E-state index contributed by atoms with van der Waals surface area (Å²) in [6.07, 6.45) is 1.47. The van der Waals surface area contributed by atoms with Crippen molar-refractivity contribution in [1.29, 1.82) is 0 Å². The number of carbonyl (C=O) groups excluding carboxylic acids is 3. The van der Waals surface area contributed by atoms with Crippen molar-refractivity contribution < 1.29 is 23.9 Å². The molecule has 7 heteroatoms. The minimum atomic E-state index is -0.741. The van der Waals surface area contributed by atoms with Crippen molar-refractivity contribution in [2.45, 2.75) is 0 Å². The molecule has 0 radical (unpaired) electrons. The summed E-state index contributed by atoms with van der Waals surface area (Å²) in [7, 11) is 1.44. The maximum absolute atomic E-state index is 12.2. The molecular weight excluding hydrogens is 324 g/mol. The lowest BCUT2D eigenvalue weighted by Crippen LogP contribution is -2.41. The zero-order valence-corrected chi connectivity index (χ0v) is 13.7. The van der Waals surface area contributed by atoms with Gasteiger partial charge in [-0.2, -0.15) is 0 Å². The van der Waals surface area contributed by atoms with Crippen LogP contribution in [0, 0.1) is 0 Å². The standard InChI is InChI=1S/C18H18N2O5/c1-3-8-19-18(23)20-16(21)11-25-17(22)14-9-12-6-4-5-7-13(12)10-15(14)24-2/h3-7,9-10H,1,8,11H2,2H3,(H2,19,20,21,23). The highest BCUT2D eigenvalue weighted by Gasteiger charge is 2.17. The van der Waals surface area contributed by atoms with E-state index < -0.39 is 24.5 Å². The maximum atomic E-state index is 12.2.